The van der Waals surface area contributed by atoms with Gasteiger partial charge in [0.2, 0.25) is 0 Å². The zero-order chi connectivity index (χ0) is 12.1. The summed E-state index contributed by atoms with van der Waals surface area (Å²) in [4.78, 5) is 11.7. The first kappa shape index (κ1) is 12.7. The van der Waals surface area contributed by atoms with E-state index in [2.05, 4.69) is 10.4 Å². The molecule has 0 aliphatic rings. The first-order chi connectivity index (χ1) is 7.58. The van der Waals surface area contributed by atoms with Gasteiger partial charge in [0.05, 0.1) is 18.4 Å². The lowest BCUT2D eigenvalue weighted by Gasteiger charge is -2.08. The Morgan fingerprint density at radius 1 is 1.69 bits per heavy atom. The van der Waals surface area contributed by atoms with Gasteiger partial charge in [-0.05, 0) is 12.5 Å². The molecule has 0 spiro atoms. The Morgan fingerprint density at radius 2 is 2.38 bits per heavy atom. The van der Waals surface area contributed by atoms with E-state index >= 15 is 0 Å². The molecule has 1 aromatic rings. The van der Waals surface area contributed by atoms with E-state index in [9.17, 15) is 4.79 Å². The van der Waals surface area contributed by atoms with Crippen molar-refractivity contribution >= 4 is 5.91 Å². The summed E-state index contributed by atoms with van der Waals surface area (Å²) in [5.74, 6) is -0.304. The second-order valence-electron chi connectivity index (χ2n) is 3.54. The van der Waals surface area contributed by atoms with E-state index in [0.717, 1.165) is 12.1 Å². The largest absolute Gasteiger partial charge is 0.394 e. The summed E-state index contributed by atoms with van der Waals surface area (Å²) in [5.41, 5.74) is 1.29. The van der Waals surface area contributed by atoms with Crippen molar-refractivity contribution in [3.05, 3.63) is 17.5 Å². The monoisotopic (exact) mass is 227 g/mol. The number of hydrogen-bond donors (Lipinski definition) is 3. The number of aryl methyl sites for hydroxylation is 2. The van der Waals surface area contributed by atoms with Crippen molar-refractivity contribution in [2.45, 2.75) is 19.4 Å². The van der Waals surface area contributed by atoms with E-state index in [1.54, 1.807) is 13.1 Å². The molecule has 0 aliphatic carbocycles. The molecule has 1 amide bonds. The van der Waals surface area contributed by atoms with Crippen LogP contribution < -0.4 is 5.32 Å². The number of hydrogen-bond acceptors (Lipinski definition) is 4. The Labute approximate surface area is 93.9 Å². The van der Waals surface area contributed by atoms with Gasteiger partial charge >= 0.3 is 0 Å². The molecule has 1 aromatic heterocycles. The molecular weight excluding hydrogens is 210 g/mol. The first-order valence-electron chi connectivity index (χ1n) is 5.18. The predicted molar refractivity (Wildman–Crippen MR) is 58.0 cm³/mol. The molecule has 16 heavy (non-hydrogen) atoms. The SMILES string of the molecule is CCc1cc(C(=O)NCC(O)CO)n(C)n1. The topological polar surface area (TPSA) is 87.4 Å². The van der Waals surface area contributed by atoms with Gasteiger partial charge in [-0.2, -0.15) is 5.10 Å². The molecular formula is C10H17N3O3. The quantitative estimate of drug-likeness (QED) is 0.606. The van der Waals surface area contributed by atoms with Crippen LogP contribution in [0.3, 0.4) is 0 Å². The highest BCUT2D eigenvalue weighted by Gasteiger charge is 2.13. The minimum Gasteiger partial charge on any atom is -0.394 e. The van der Waals surface area contributed by atoms with Gasteiger partial charge in [0.25, 0.3) is 5.91 Å². The predicted octanol–water partition coefficient (Wildman–Crippen LogP) is -0.934. The van der Waals surface area contributed by atoms with Crippen LogP contribution >= 0.6 is 0 Å². The van der Waals surface area contributed by atoms with Gasteiger partial charge in [0.15, 0.2) is 0 Å². The van der Waals surface area contributed by atoms with Crippen LogP contribution in [0.5, 0.6) is 0 Å². The maximum atomic E-state index is 11.7. The zero-order valence-electron chi connectivity index (χ0n) is 9.47. The fourth-order valence-electron chi connectivity index (χ4n) is 1.28. The number of rotatable bonds is 5. The molecule has 0 saturated heterocycles. The molecule has 1 rings (SSSR count). The maximum absolute atomic E-state index is 11.7. The fourth-order valence-corrected chi connectivity index (χ4v) is 1.28. The molecule has 0 bridgehead atoms. The highest BCUT2D eigenvalue weighted by atomic mass is 16.3. The van der Waals surface area contributed by atoms with Crippen molar-refractivity contribution in [2.75, 3.05) is 13.2 Å². The maximum Gasteiger partial charge on any atom is 0.269 e. The van der Waals surface area contributed by atoms with Crippen LogP contribution in [-0.4, -0.2) is 45.2 Å². The molecule has 1 heterocycles. The number of nitrogens with zero attached hydrogens (tertiary/aromatic N) is 2. The highest BCUT2D eigenvalue weighted by Crippen LogP contribution is 2.03. The van der Waals surface area contributed by atoms with Crippen LogP contribution in [-0.2, 0) is 13.5 Å². The van der Waals surface area contributed by atoms with Gasteiger partial charge < -0.3 is 15.5 Å². The van der Waals surface area contributed by atoms with E-state index in [4.69, 9.17) is 10.2 Å². The van der Waals surface area contributed by atoms with Crippen molar-refractivity contribution in [1.29, 1.82) is 0 Å². The number of amides is 1. The van der Waals surface area contributed by atoms with Gasteiger partial charge in [-0.25, -0.2) is 0 Å². The molecule has 90 valence electrons. The Balaban J connectivity index is 2.62. The molecule has 0 fully saturated rings. The lowest BCUT2D eigenvalue weighted by atomic mass is 10.3. The fraction of sp³-hybridized carbons (Fsp3) is 0.600. The van der Waals surface area contributed by atoms with Crippen molar-refractivity contribution in [2.24, 2.45) is 7.05 Å². The van der Waals surface area contributed by atoms with E-state index in [0.29, 0.717) is 5.69 Å². The third-order valence-electron chi connectivity index (χ3n) is 2.23. The minimum absolute atomic E-state index is 0.0297. The highest BCUT2D eigenvalue weighted by molar-refractivity contribution is 5.92. The lowest BCUT2D eigenvalue weighted by molar-refractivity contribution is 0.0796. The lowest BCUT2D eigenvalue weighted by Crippen LogP contribution is -2.34. The molecule has 3 N–H and O–H groups in total. The Hall–Kier alpha value is -1.40. The molecule has 0 aliphatic heterocycles. The van der Waals surface area contributed by atoms with E-state index < -0.39 is 6.10 Å². The van der Waals surface area contributed by atoms with Crippen LogP contribution in [0.2, 0.25) is 0 Å². The van der Waals surface area contributed by atoms with Crippen molar-refractivity contribution in [3.8, 4) is 0 Å². The van der Waals surface area contributed by atoms with Gasteiger partial charge in [-0.3, -0.25) is 9.48 Å². The van der Waals surface area contributed by atoms with Gasteiger partial charge in [0.1, 0.15) is 5.69 Å². The molecule has 0 radical (unpaired) electrons. The van der Waals surface area contributed by atoms with Crippen molar-refractivity contribution in [3.63, 3.8) is 0 Å². The second-order valence-corrected chi connectivity index (χ2v) is 3.54. The summed E-state index contributed by atoms with van der Waals surface area (Å²) in [5, 5.41) is 24.3. The van der Waals surface area contributed by atoms with Crippen molar-refractivity contribution in [1.82, 2.24) is 15.1 Å². The summed E-state index contributed by atoms with van der Waals surface area (Å²) < 4.78 is 1.50. The second kappa shape index (κ2) is 5.62. The number of nitrogens with one attached hydrogen (secondary N) is 1. The number of aliphatic hydroxyl groups is 2. The molecule has 1 atom stereocenters. The van der Waals surface area contributed by atoms with Crippen LogP contribution in [0.4, 0.5) is 0 Å². The van der Waals surface area contributed by atoms with Crippen molar-refractivity contribution < 1.29 is 15.0 Å². The van der Waals surface area contributed by atoms with Crippen LogP contribution in [0.15, 0.2) is 6.07 Å². The summed E-state index contributed by atoms with van der Waals surface area (Å²) >= 11 is 0. The average Bonchev–Trinajstić information content (AvgIpc) is 2.67. The summed E-state index contributed by atoms with van der Waals surface area (Å²) in [6.07, 6.45) is -0.164. The number of carbonyl (C=O) groups excluding carboxylic acids is 1. The van der Waals surface area contributed by atoms with Crippen LogP contribution in [0.1, 0.15) is 23.1 Å². The third-order valence-corrected chi connectivity index (χ3v) is 2.23. The Kier molecular flexibility index (Phi) is 4.45. The van der Waals surface area contributed by atoms with Gasteiger partial charge in [-0.1, -0.05) is 6.92 Å². The summed E-state index contributed by atoms with van der Waals surface area (Å²) in [7, 11) is 1.69. The molecule has 0 saturated carbocycles. The van der Waals surface area contributed by atoms with Gasteiger partial charge in [-0.15, -0.1) is 0 Å². The normalized spacial score (nSPS) is 12.5. The first-order valence-corrected chi connectivity index (χ1v) is 5.18. The van der Waals surface area contributed by atoms with Gasteiger partial charge in [0, 0.05) is 13.6 Å². The smallest absolute Gasteiger partial charge is 0.269 e. The molecule has 1 unspecified atom stereocenters. The molecule has 0 aromatic carbocycles. The number of aliphatic hydroxyl groups excluding tert-OH is 2. The van der Waals surface area contributed by atoms with E-state index in [-0.39, 0.29) is 19.1 Å². The third kappa shape index (κ3) is 3.04. The minimum atomic E-state index is -0.928. The zero-order valence-corrected chi connectivity index (χ0v) is 9.47. The van der Waals surface area contributed by atoms with E-state index in [1.165, 1.54) is 4.68 Å². The van der Waals surface area contributed by atoms with Crippen LogP contribution in [0, 0.1) is 0 Å². The molecule has 6 heteroatoms. The number of aromatic nitrogens is 2. The molecule has 6 nitrogen and oxygen atoms in total. The average molecular weight is 227 g/mol. The summed E-state index contributed by atoms with van der Waals surface area (Å²) in [6.45, 7) is 1.62. The Morgan fingerprint density at radius 3 is 2.88 bits per heavy atom. The summed E-state index contributed by atoms with van der Waals surface area (Å²) in [6, 6.07) is 1.71. The Bertz CT molecular complexity index is 362. The standard InChI is InChI=1S/C10H17N3O3/c1-3-7-4-9(13(2)12-7)10(16)11-5-8(15)6-14/h4,8,14-15H,3,5-6H2,1-2H3,(H,11,16). The van der Waals surface area contributed by atoms with E-state index in [1.807, 2.05) is 6.92 Å². The number of carbonyl (C=O) groups is 1. The van der Waals surface area contributed by atoms with Crippen LogP contribution in [0.25, 0.3) is 0 Å².